The Kier molecular flexibility index (Phi) is 10.3. The van der Waals surface area contributed by atoms with Gasteiger partial charge in [-0.05, 0) is 70.4 Å². The Hall–Kier alpha value is -3.86. The van der Waals surface area contributed by atoms with E-state index in [4.69, 9.17) is 27.9 Å². The quantitative estimate of drug-likeness (QED) is 0.219. The fourth-order valence-corrected chi connectivity index (χ4v) is 4.88. The second kappa shape index (κ2) is 13.9. The molecule has 12 heteroatoms. The highest BCUT2D eigenvalue weighted by Crippen LogP contribution is 2.31. The first-order chi connectivity index (χ1) is 20.0. The molecule has 2 heterocycles. The van der Waals surface area contributed by atoms with Gasteiger partial charge in [-0.2, -0.15) is 0 Å². The normalized spacial score (nSPS) is 11.1. The van der Waals surface area contributed by atoms with Crippen LogP contribution in [0.15, 0.2) is 65.4 Å². The van der Waals surface area contributed by atoms with Crippen LogP contribution in [0, 0.1) is 6.92 Å². The standard InChI is InChI=1S/C30H28BrCl2N5O4/c1-18-28(31)38-14-4-5-24(29(38)36-18)42-17-22-23(32)12-11-21(27(22)33)15-34-26(40)16-35-25(39)13-8-19-6-9-20(10-7-19)30(41)37(2)3/h4-14H,15-17H2,1-3H3,(H,34,40)(H,35,39)/b13-8+. The second-order valence-electron chi connectivity index (χ2n) is 9.49. The summed E-state index contributed by atoms with van der Waals surface area (Å²) in [5.74, 6) is -0.361. The number of fused-ring (bicyclic) bond motifs is 1. The lowest BCUT2D eigenvalue weighted by atomic mass is 10.1. The maximum absolute atomic E-state index is 12.4. The number of hydrogen-bond acceptors (Lipinski definition) is 5. The summed E-state index contributed by atoms with van der Waals surface area (Å²) in [6, 6.07) is 13.9. The number of aromatic nitrogens is 2. The van der Waals surface area contributed by atoms with Crippen LogP contribution in [0.4, 0.5) is 0 Å². The molecule has 0 aliphatic heterocycles. The SMILES string of the molecule is Cc1nc2c(OCc3c(Cl)ccc(CNC(=O)CNC(=O)/C=C/c4ccc(C(=O)N(C)C)cc4)c3Cl)cccn2c1Br. The summed E-state index contributed by atoms with van der Waals surface area (Å²) < 4.78 is 8.75. The molecule has 0 bridgehead atoms. The van der Waals surface area contributed by atoms with Gasteiger partial charge in [-0.1, -0.05) is 41.4 Å². The van der Waals surface area contributed by atoms with Crippen LogP contribution in [0.25, 0.3) is 11.7 Å². The third-order valence-electron chi connectivity index (χ3n) is 6.24. The van der Waals surface area contributed by atoms with Crippen LogP contribution in [-0.2, 0) is 22.7 Å². The molecule has 2 aromatic heterocycles. The first-order valence-corrected chi connectivity index (χ1v) is 14.4. The van der Waals surface area contributed by atoms with Gasteiger partial charge in [0.1, 0.15) is 11.2 Å². The van der Waals surface area contributed by atoms with Crippen molar-refractivity contribution in [1.29, 1.82) is 0 Å². The molecule has 218 valence electrons. The summed E-state index contributed by atoms with van der Waals surface area (Å²) in [5, 5.41) is 6.10. The second-order valence-corrected chi connectivity index (χ2v) is 11.0. The molecule has 0 radical (unpaired) electrons. The van der Waals surface area contributed by atoms with Crippen molar-refractivity contribution >= 4 is 68.6 Å². The predicted molar refractivity (Wildman–Crippen MR) is 167 cm³/mol. The average molecular weight is 673 g/mol. The summed E-state index contributed by atoms with van der Waals surface area (Å²) in [6.45, 7) is 1.91. The molecule has 4 rings (SSSR count). The van der Waals surface area contributed by atoms with E-state index in [1.807, 2.05) is 29.7 Å². The number of hydrogen-bond donors (Lipinski definition) is 2. The van der Waals surface area contributed by atoms with Gasteiger partial charge in [0.05, 0.1) is 17.3 Å². The molecule has 0 unspecified atom stereocenters. The molecule has 9 nitrogen and oxygen atoms in total. The van der Waals surface area contributed by atoms with E-state index < -0.39 is 5.91 Å². The van der Waals surface area contributed by atoms with Crippen LogP contribution >= 0.6 is 39.1 Å². The lowest BCUT2D eigenvalue weighted by Crippen LogP contribution is -2.35. The molecule has 0 atom stereocenters. The predicted octanol–water partition coefficient (Wildman–Crippen LogP) is 5.44. The van der Waals surface area contributed by atoms with Crippen molar-refractivity contribution in [3.05, 3.63) is 103 Å². The zero-order valence-electron chi connectivity index (χ0n) is 23.1. The third kappa shape index (κ3) is 7.50. The molecule has 2 N–H and O–H groups in total. The molecular weight excluding hydrogens is 645 g/mol. The van der Waals surface area contributed by atoms with E-state index in [1.54, 1.807) is 56.6 Å². The van der Waals surface area contributed by atoms with Crippen molar-refractivity contribution in [2.45, 2.75) is 20.1 Å². The van der Waals surface area contributed by atoms with Crippen LogP contribution < -0.4 is 15.4 Å². The number of rotatable bonds is 10. The topological polar surface area (TPSA) is 105 Å². The highest BCUT2D eigenvalue weighted by Gasteiger charge is 2.15. The number of carbonyl (C=O) groups excluding carboxylic acids is 3. The molecule has 0 saturated carbocycles. The number of ether oxygens (including phenoxy) is 1. The van der Waals surface area contributed by atoms with Gasteiger partial charge in [-0.3, -0.25) is 18.8 Å². The van der Waals surface area contributed by atoms with E-state index in [0.29, 0.717) is 38.1 Å². The molecule has 3 amide bonds. The first kappa shape index (κ1) is 31.1. The Balaban J connectivity index is 1.29. The number of halogens is 3. The Labute approximate surface area is 261 Å². The lowest BCUT2D eigenvalue weighted by Gasteiger charge is -2.14. The number of imidazole rings is 1. The number of nitrogens with one attached hydrogen (secondary N) is 2. The van der Waals surface area contributed by atoms with Gasteiger partial charge in [0.15, 0.2) is 11.4 Å². The van der Waals surface area contributed by atoms with Gasteiger partial charge in [-0.15, -0.1) is 0 Å². The molecule has 0 saturated heterocycles. The minimum absolute atomic E-state index is 0.0970. The highest BCUT2D eigenvalue weighted by atomic mass is 79.9. The Morgan fingerprint density at radius 3 is 2.52 bits per heavy atom. The van der Waals surface area contributed by atoms with Gasteiger partial charge in [0, 0.05) is 49.1 Å². The van der Waals surface area contributed by atoms with Gasteiger partial charge >= 0.3 is 0 Å². The summed E-state index contributed by atoms with van der Waals surface area (Å²) >= 11 is 16.6. The van der Waals surface area contributed by atoms with E-state index in [-0.39, 0.29) is 31.5 Å². The van der Waals surface area contributed by atoms with Crippen molar-refractivity contribution in [3.63, 3.8) is 0 Å². The van der Waals surface area contributed by atoms with E-state index in [0.717, 1.165) is 15.9 Å². The number of amides is 3. The number of nitrogens with zero attached hydrogens (tertiary/aromatic N) is 3. The molecule has 0 aliphatic rings. The zero-order valence-corrected chi connectivity index (χ0v) is 26.2. The molecular formula is C30H28BrCl2N5O4. The molecule has 2 aromatic carbocycles. The Morgan fingerprint density at radius 1 is 1.07 bits per heavy atom. The van der Waals surface area contributed by atoms with Crippen molar-refractivity contribution < 1.29 is 19.1 Å². The fourth-order valence-electron chi connectivity index (χ4n) is 3.95. The Bertz CT molecular complexity index is 1670. The average Bonchev–Trinajstić information content (AvgIpc) is 3.27. The molecule has 0 fully saturated rings. The van der Waals surface area contributed by atoms with Crippen LogP contribution in [0.2, 0.25) is 10.0 Å². The number of pyridine rings is 1. The molecule has 0 aliphatic carbocycles. The maximum atomic E-state index is 12.4. The maximum Gasteiger partial charge on any atom is 0.253 e. The van der Waals surface area contributed by atoms with Crippen LogP contribution in [-0.4, -0.2) is 52.6 Å². The number of aryl methyl sites for hydroxylation is 1. The van der Waals surface area contributed by atoms with Crippen LogP contribution in [0.1, 0.15) is 32.7 Å². The minimum atomic E-state index is -0.433. The monoisotopic (exact) mass is 671 g/mol. The van der Waals surface area contributed by atoms with Crippen LogP contribution in [0.5, 0.6) is 5.75 Å². The lowest BCUT2D eigenvalue weighted by molar-refractivity contribution is -0.124. The molecule has 4 aromatic rings. The van der Waals surface area contributed by atoms with Gasteiger partial charge in [0.2, 0.25) is 11.8 Å². The van der Waals surface area contributed by atoms with E-state index in [9.17, 15) is 14.4 Å². The number of benzene rings is 2. The van der Waals surface area contributed by atoms with E-state index >= 15 is 0 Å². The van der Waals surface area contributed by atoms with E-state index in [2.05, 4.69) is 31.5 Å². The largest absolute Gasteiger partial charge is 0.485 e. The zero-order chi connectivity index (χ0) is 30.4. The molecule has 0 spiro atoms. The van der Waals surface area contributed by atoms with Crippen molar-refractivity contribution in [1.82, 2.24) is 24.9 Å². The molecule has 42 heavy (non-hydrogen) atoms. The van der Waals surface area contributed by atoms with Gasteiger partial charge in [-0.25, -0.2) is 4.98 Å². The van der Waals surface area contributed by atoms with Crippen molar-refractivity contribution in [2.75, 3.05) is 20.6 Å². The van der Waals surface area contributed by atoms with Crippen molar-refractivity contribution in [2.24, 2.45) is 0 Å². The van der Waals surface area contributed by atoms with Gasteiger partial charge < -0.3 is 20.3 Å². The van der Waals surface area contributed by atoms with Crippen molar-refractivity contribution in [3.8, 4) is 5.75 Å². The first-order valence-electron chi connectivity index (χ1n) is 12.8. The summed E-state index contributed by atoms with van der Waals surface area (Å²) in [4.78, 5) is 42.6. The highest BCUT2D eigenvalue weighted by molar-refractivity contribution is 9.10. The minimum Gasteiger partial charge on any atom is -0.485 e. The summed E-state index contributed by atoms with van der Waals surface area (Å²) in [7, 11) is 3.36. The summed E-state index contributed by atoms with van der Waals surface area (Å²) in [6.07, 6.45) is 4.80. The Morgan fingerprint density at radius 2 is 1.81 bits per heavy atom. The van der Waals surface area contributed by atoms with Gasteiger partial charge in [0.25, 0.3) is 5.91 Å². The number of carbonyl (C=O) groups is 3. The fraction of sp³-hybridized carbons (Fsp3) is 0.200. The van der Waals surface area contributed by atoms with E-state index in [1.165, 1.54) is 11.0 Å². The summed E-state index contributed by atoms with van der Waals surface area (Å²) in [5.41, 5.74) is 4.00. The third-order valence-corrected chi connectivity index (χ3v) is 8.02. The smallest absolute Gasteiger partial charge is 0.253 e. The van der Waals surface area contributed by atoms with Crippen LogP contribution in [0.3, 0.4) is 0 Å².